The molecule has 0 spiro atoms. The number of nitrogen functional groups attached to an aromatic ring is 1. The van der Waals surface area contributed by atoms with E-state index >= 15 is 0 Å². The molecule has 0 atom stereocenters. The molecule has 1 rings (SSSR count). The minimum Gasteiger partial charge on any atom is -0.478 e. The third kappa shape index (κ3) is 2.75. The second-order valence-corrected chi connectivity index (χ2v) is 5.16. The summed E-state index contributed by atoms with van der Waals surface area (Å²) in [5, 5.41) is 11.6. The molecule has 0 bridgehead atoms. The number of hydrogen-bond acceptors (Lipinski definition) is 3. The fraction of sp³-hybridized carbons (Fsp3) is 0.111. The number of nitrogens with two attached hydrogens (primary N) is 1. The van der Waals surface area contributed by atoms with E-state index in [0.717, 1.165) is 0 Å². The first-order valence-electron chi connectivity index (χ1n) is 4.13. The summed E-state index contributed by atoms with van der Waals surface area (Å²) in [6, 6.07) is 1.55. The van der Waals surface area contributed by atoms with E-state index in [4.69, 9.17) is 10.8 Å². The highest BCUT2D eigenvalue weighted by molar-refractivity contribution is 14.1. The van der Waals surface area contributed by atoms with Crippen molar-refractivity contribution in [3.8, 4) is 0 Å². The predicted molar refractivity (Wildman–Crippen MR) is 77.6 cm³/mol. The average molecular weight is 446 g/mol. The van der Waals surface area contributed by atoms with E-state index < -0.39 is 5.97 Å². The summed E-state index contributed by atoms with van der Waals surface area (Å²) < 4.78 is 0.947. The number of halogens is 2. The first-order valence-corrected chi connectivity index (χ1v) is 6.28. The van der Waals surface area contributed by atoms with Crippen LogP contribution in [-0.4, -0.2) is 17.0 Å². The number of amides is 1. The number of carboxylic acids is 1. The van der Waals surface area contributed by atoms with E-state index in [1.54, 1.807) is 6.07 Å². The van der Waals surface area contributed by atoms with Crippen LogP contribution in [0, 0.1) is 7.14 Å². The molecule has 7 heteroatoms. The topological polar surface area (TPSA) is 92.4 Å². The van der Waals surface area contributed by atoms with Gasteiger partial charge in [0.05, 0.1) is 18.4 Å². The van der Waals surface area contributed by atoms with Gasteiger partial charge in [0.2, 0.25) is 5.91 Å². The largest absolute Gasteiger partial charge is 0.478 e. The molecule has 0 aliphatic carbocycles. The minimum atomic E-state index is -1.06. The summed E-state index contributed by atoms with van der Waals surface area (Å²) >= 11 is 3.75. The van der Waals surface area contributed by atoms with Gasteiger partial charge in [-0.25, -0.2) is 4.79 Å². The molecule has 86 valence electrons. The Balaban J connectivity index is 3.44. The Morgan fingerprint density at radius 1 is 1.38 bits per heavy atom. The lowest BCUT2D eigenvalue weighted by Crippen LogP contribution is -2.13. The molecule has 0 radical (unpaired) electrons. The van der Waals surface area contributed by atoms with Crippen molar-refractivity contribution in [3.05, 3.63) is 18.8 Å². The number of carbonyl (C=O) groups is 2. The molecule has 0 aliphatic heterocycles. The molecule has 4 N–H and O–H groups in total. The molecule has 0 heterocycles. The summed E-state index contributed by atoms with van der Waals surface area (Å²) in [5.74, 6) is -1.33. The van der Waals surface area contributed by atoms with E-state index in [9.17, 15) is 9.59 Å². The zero-order valence-electron chi connectivity index (χ0n) is 8.17. The highest BCUT2D eigenvalue weighted by Crippen LogP contribution is 2.31. The summed E-state index contributed by atoms with van der Waals surface area (Å²) in [6.45, 7) is 1.35. The number of benzene rings is 1. The molecular formula is C9H8I2N2O3. The van der Waals surface area contributed by atoms with Crippen molar-refractivity contribution < 1.29 is 14.7 Å². The van der Waals surface area contributed by atoms with Crippen LogP contribution in [-0.2, 0) is 4.79 Å². The fourth-order valence-corrected chi connectivity index (χ4v) is 3.09. The first-order chi connectivity index (χ1) is 7.34. The van der Waals surface area contributed by atoms with Crippen molar-refractivity contribution in [1.82, 2.24) is 0 Å². The van der Waals surface area contributed by atoms with Crippen molar-refractivity contribution in [2.75, 3.05) is 11.1 Å². The van der Waals surface area contributed by atoms with E-state index in [2.05, 4.69) is 5.32 Å². The maximum absolute atomic E-state index is 11.1. The van der Waals surface area contributed by atoms with Crippen molar-refractivity contribution in [3.63, 3.8) is 0 Å². The number of hydrogen-bond donors (Lipinski definition) is 3. The Bertz CT molecular complexity index is 474. The van der Waals surface area contributed by atoms with Crippen LogP contribution in [0.1, 0.15) is 17.3 Å². The molecule has 16 heavy (non-hydrogen) atoms. The van der Waals surface area contributed by atoms with E-state index in [1.807, 2.05) is 45.2 Å². The molecule has 1 amide bonds. The molecule has 0 fully saturated rings. The molecule has 0 unspecified atom stereocenters. The lowest BCUT2D eigenvalue weighted by molar-refractivity contribution is -0.114. The van der Waals surface area contributed by atoms with Crippen LogP contribution in [0.25, 0.3) is 0 Å². The van der Waals surface area contributed by atoms with E-state index in [0.29, 0.717) is 18.5 Å². The SMILES string of the molecule is CC(=O)Nc1cc(N)c(I)c(C(=O)O)c1I. The number of carbonyl (C=O) groups excluding carboxylic acids is 1. The second kappa shape index (κ2) is 5.17. The van der Waals surface area contributed by atoms with Crippen molar-refractivity contribution in [1.29, 1.82) is 0 Å². The zero-order valence-corrected chi connectivity index (χ0v) is 12.5. The van der Waals surface area contributed by atoms with Crippen LogP contribution < -0.4 is 11.1 Å². The Hall–Kier alpha value is -0.580. The minimum absolute atomic E-state index is 0.116. The van der Waals surface area contributed by atoms with Crippen molar-refractivity contribution in [2.45, 2.75) is 6.92 Å². The molecule has 0 aromatic heterocycles. The fourth-order valence-electron chi connectivity index (χ4n) is 1.13. The number of nitrogens with one attached hydrogen (secondary N) is 1. The molecule has 0 saturated heterocycles. The van der Waals surface area contributed by atoms with Gasteiger partial charge in [0.1, 0.15) is 0 Å². The summed E-state index contributed by atoms with van der Waals surface area (Å²) in [7, 11) is 0. The van der Waals surface area contributed by atoms with Crippen LogP contribution in [0.4, 0.5) is 11.4 Å². The third-order valence-electron chi connectivity index (χ3n) is 1.75. The molecular weight excluding hydrogens is 438 g/mol. The Morgan fingerprint density at radius 2 is 1.94 bits per heavy atom. The number of anilines is 2. The summed E-state index contributed by atoms with van der Waals surface area (Å²) in [4.78, 5) is 22.0. The van der Waals surface area contributed by atoms with Crippen LogP contribution in [0.5, 0.6) is 0 Å². The van der Waals surface area contributed by atoms with Gasteiger partial charge in [-0.2, -0.15) is 0 Å². The lowest BCUT2D eigenvalue weighted by Gasteiger charge is -2.11. The van der Waals surface area contributed by atoms with Gasteiger partial charge in [0.15, 0.2) is 0 Å². The van der Waals surface area contributed by atoms with Gasteiger partial charge in [-0.3, -0.25) is 4.79 Å². The summed E-state index contributed by atoms with van der Waals surface area (Å²) in [5.41, 5.74) is 6.55. The standard InChI is InChI=1S/C9H8I2N2O3/c1-3(14)13-5-2-4(12)7(10)6(8(5)11)9(15)16/h2H,12H2,1H3,(H,13,14)(H,15,16). The van der Waals surface area contributed by atoms with Gasteiger partial charge in [-0.05, 0) is 51.2 Å². The maximum atomic E-state index is 11.1. The highest BCUT2D eigenvalue weighted by atomic mass is 127. The molecule has 1 aromatic carbocycles. The lowest BCUT2D eigenvalue weighted by atomic mass is 10.1. The van der Waals surface area contributed by atoms with Gasteiger partial charge in [0, 0.05) is 12.6 Å². The van der Waals surface area contributed by atoms with Gasteiger partial charge in [-0.1, -0.05) is 0 Å². The molecule has 0 saturated carbocycles. The normalized spacial score (nSPS) is 9.94. The zero-order chi connectivity index (χ0) is 12.5. The monoisotopic (exact) mass is 446 g/mol. The second-order valence-electron chi connectivity index (χ2n) is 3.00. The number of aromatic carboxylic acids is 1. The first kappa shape index (κ1) is 13.5. The van der Waals surface area contributed by atoms with E-state index in [1.165, 1.54) is 6.92 Å². The number of carboxylic acid groups (broad SMARTS) is 1. The van der Waals surface area contributed by atoms with E-state index in [-0.39, 0.29) is 11.5 Å². The van der Waals surface area contributed by atoms with Gasteiger partial charge in [-0.15, -0.1) is 0 Å². The predicted octanol–water partition coefficient (Wildman–Crippen LogP) is 2.13. The third-order valence-corrected chi connectivity index (χ3v) is 4.04. The smallest absolute Gasteiger partial charge is 0.338 e. The summed E-state index contributed by atoms with van der Waals surface area (Å²) in [6.07, 6.45) is 0. The Labute approximate surface area is 119 Å². The van der Waals surface area contributed by atoms with Gasteiger partial charge >= 0.3 is 5.97 Å². The Kier molecular flexibility index (Phi) is 4.35. The van der Waals surface area contributed by atoms with Crippen LogP contribution in [0.3, 0.4) is 0 Å². The molecule has 5 nitrogen and oxygen atoms in total. The van der Waals surface area contributed by atoms with Crippen molar-refractivity contribution >= 4 is 68.4 Å². The highest BCUT2D eigenvalue weighted by Gasteiger charge is 2.19. The average Bonchev–Trinajstić information content (AvgIpc) is 2.13. The number of rotatable bonds is 2. The molecule has 1 aromatic rings. The van der Waals surface area contributed by atoms with Crippen LogP contribution >= 0.6 is 45.2 Å². The van der Waals surface area contributed by atoms with Gasteiger partial charge < -0.3 is 16.2 Å². The van der Waals surface area contributed by atoms with Crippen LogP contribution in [0.15, 0.2) is 6.07 Å². The van der Waals surface area contributed by atoms with Crippen LogP contribution in [0.2, 0.25) is 0 Å². The Morgan fingerprint density at radius 3 is 2.38 bits per heavy atom. The quantitative estimate of drug-likeness (QED) is 0.480. The van der Waals surface area contributed by atoms with Crippen molar-refractivity contribution in [2.24, 2.45) is 0 Å². The van der Waals surface area contributed by atoms with Gasteiger partial charge in [0.25, 0.3) is 0 Å². The molecule has 0 aliphatic rings. The maximum Gasteiger partial charge on any atom is 0.338 e.